The number of ketones is 1. The molecular formula is C9H9FO2. The van der Waals surface area contributed by atoms with Crippen LogP contribution in [0.2, 0.25) is 0 Å². The lowest BCUT2D eigenvalue weighted by Gasteiger charge is -1.97. The molecule has 0 unspecified atom stereocenters. The third kappa shape index (κ3) is 2.13. The molecule has 0 saturated carbocycles. The van der Waals surface area contributed by atoms with Crippen molar-refractivity contribution in [3.63, 3.8) is 0 Å². The summed E-state index contributed by atoms with van der Waals surface area (Å²) in [7, 11) is 0. The topological polar surface area (TPSA) is 26.3 Å². The van der Waals surface area contributed by atoms with Crippen LogP contribution in [0.4, 0.5) is 4.53 Å². The van der Waals surface area contributed by atoms with Crippen LogP contribution in [0.3, 0.4) is 0 Å². The molecule has 12 heavy (non-hydrogen) atoms. The Morgan fingerprint density at radius 1 is 1.42 bits per heavy atom. The zero-order valence-electron chi connectivity index (χ0n) is 6.71. The van der Waals surface area contributed by atoms with Crippen molar-refractivity contribution in [2.24, 2.45) is 0 Å². The molecule has 0 spiro atoms. The number of carbonyl (C=O) groups excluding carboxylic acids is 1. The standard InChI is InChI=1S/C9H9FO2/c1-7(11)9-4-2-8(3-5-9)6-12-10/h2-5H,6H2,1H3. The second-order valence-corrected chi connectivity index (χ2v) is 2.51. The molecule has 64 valence electrons. The first-order valence-electron chi connectivity index (χ1n) is 3.57. The van der Waals surface area contributed by atoms with E-state index in [2.05, 4.69) is 4.94 Å². The van der Waals surface area contributed by atoms with E-state index < -0.39 is 0 Å². The largest absolute Gasteiger partial charge is 0.295 e. The highest BCUT2D eigenvalue weighted by atomic mass is 19.3. The first-order chi connectivity index (χ1) is 5.74. The minimum Gasteiger partial charge on any atom is -0.295 e. The maximum atomic E-state index is 11.4. The van der Waals surface area contributed by atoms with Gasteiger partial charge >= 0.3 is 0 Å². The zero-order chi connectivity index (χ0) is 8.97. The molecule has 0 bridgehead atoms. The average molecular weight is 168 g/mol. The van der Waals surface area contributed by atoms with Gasteiger partial charge in [-0.3, -0.25) is 4.79 Å². The Hall–Kier alpha value is -1.22. The van der Waals surface area contributed by atoms with Gasteiger partial charge in [-0.2, -0.15) is 4.94 Å². The fourth-order valence-electron chi connectivity index (χ4n) is 0.899. The highest BCUT2D eigenvalue weighted by Gasteiger charge is 1.98. The van der Waals surface area contributed by atoms with E-state index >= 15 is 0 Å². The lowest BCUT2D eigenvalue weighted by atomic mass is 10.1. The molecule has 0 aliphatic heterocycles. The molecule has 0 heterocycles. The smallest absolute Gasteiger partial charge is 0.159 e. The summed E-state index contributed by atoms with van der Waals surface area (Å²) in [5, 5.41) is 0. The quantitative estimate of drug-likeness (QED) is 0.647. The Balaban J connectivity index is 2.78. The zero-order valence-corrected chi connectivity index (χ0v) is 6.71. The normalized spacial score (nSPS) is 9.83. The molecule has 0 N–H and O–H groups in total. The molecule has 0 amide bonds. The predicted molar refractivity (Wildman–Crippen MR) is 42.3 cm³/mol. The minimum atomic E-state index is -0.0712. The van der Waals surface area contributed by atoms with Gasteiger partial charge in [-0.25, -0.2) is 0 Å². The van der Waals surface area contributed by atoms with Gasteiger partial charge in [-0.15, -0.1) is 0 Å². The Bertz CT molecular complexity index is 266. The van der Waals surface area contributed by atoms with Crippen LogP contribution in [-0.4, -0.2) is 5.78 Å². The highest BCUT2D eigenvalue weighted by Crippen LogP contribution is 2.06. The Morgan fingerprint density at radius 3 is 2.42 bits per heavy atom. The molecule has 0 fully saturated rings. The van der Waals surface area contributed by atoms with Gasteiger partial charge in [0.25, 0.3) is 0 Å². The summed E-state index contributed by atoms with van der Waals surface area (Å²) in [5.74, 6) is 0.00252. The fraction of sp³-hybridized carbons (Fsp3) is 0.222. The average Bonchev–Trinajstić information content (AvgIpc) is 2.06. The maximum Gasteiger partial charge on any atom is 0.159 e. The van der Waals surface area contributed by atoms with Crippen molar-refractivity contribution in [3.05, 3.63) is 35.4 Å². The Morgan fingerprint density at radius 2 is 2.00 bits per heavy atom. The molecule has 0 aliphatic rings. The van der Waals surface area contributed by atoms with Crippen molar-refractivity contribution in [2.45, 2.75) is 13.5 Å². The number of hydrogen-bond donors (Lipinski definition) is 0. The van der Waals surface area contributed by atoms with E-state index in [1.807, 2.05) is 0 Å². The Labute approximate surface area is 69.9 Å². The van der Waals surface area contributed by atoms with Gasteiger partial charge in [0.1, 0.15) is 6.61 Å². The minimum absolute atomic E-state index is 0.00252. The van der Waals surface area contributed by atoms with Gasteiger partial charge in [-0.1, -0.05) is 24.3 Å². The Kier molecular flexibility index (Phi) is 2.94. The van der Waals surface area contributed by atoms with Crippen LogP contribution in [0.5, 0.6) is 0 Å². The molecule has 0 radical (unpaired) electrons. The van der Waals surface area contributed by atoms with Crippen LogP contribution in [0.15, 0.2) is 24.3 Å². The summed E-state index contributed by atoms with van der Waals surface area (Å²) in [5.41, 5.74) is 1.33. The van der Waals surface area contributed by atoms with E-state index in [0.29, 0.717) is 11.1 Å². The summed E-state index contributed by atoms with van der Waals surface area (Å²) < 4.78 is 11.4. The van der Waals surface area contributed by atoms with Crippen LogP contribution in [0, 0.1) is 0 Å². The summed E-state index contributed by atoms with van der Waals surface area (Å²) in [6.07, 6.45) is 0. The first kappa shape index (κ1) is 8.87. The number of halogens is 1. The fourth-order valence-corrected chi connectivity index (χ4v) is 0.899. The third-order valence-electron chi connectivity index (χ3n) is 1.58. The van der Waals surface area contributed by atoms with Gasteiger partial charge in [-0.05, 0) is 17.0 Å². The molecule has 0 saturated heterocycles. The van der Waals surface area contributed by atoms with Gasteiger partial charge in [0.15, 0.2) is 5.78 Å². The van der Waals surface area contributed by atoms with Crippen molar-refractivity contribution >= 4 is 5.78 Å². The van der Waals surface area contributed by atoms with E-state index in [0.717, 1.165) is 0 Å². The lowest BCUT2D eigenvalue weighted by Crippen LogP contribution is -1.92. The predicted octanol–water partition coefficient (Wildman–Crippen LogP) is 2.29. The van der Waals surface area contributed by atoms with E-state index in [9.17, 15) is 9.32 Å². The molecule has 0 aliphatic carbocycles. The van der Waals surface area contributed by atoms with E-state index in [-0.39, 0.29) is 12.4 Å². The molecular weight excluding hydrogens is 159 g/mol. The van der Waals surface area contributed by atoms with E-state index in [4.69, 9.17) is 0 Å². The van der Waals surface area contributed by atoms with Crippen LogP contribution < -0.4 is 0 Å². The van der Waals surface area contributed by atoms with Crippen LogP contribution >= 0.6 is 0 Å². The molecule has 2 nitrogen and oxygen atoms in total. The van der Waals surface area contributed by atoms with Crippen LogP contribution in [0.25, 0.3) is 0 Å². The second kappa shape index (κ2) is 3.97. The van der Waals surface area contributed by atoms with Crippen LogP contribution in [0.1, 0.15) is 22.8 Å². The first-order valence-corrected chi connectivity index (χ1v) is 3.57. The summed E-state index contributed by atoms with van der Waals surface area (Å²) in [6, 6.07) is 6.62. The molecule has 1 rings (SSSR count). The number of hydrogen-bond acceptors (Lipinski definition) is 2. The number of carbonyl (C=O) groups is 1. The van der Waals surface area contributed by atoms with Crippen molar-refractivity contribution in [1.29, 1.82) is 0 Å². The summed E-state index contributed by atoms with van der Waals surface area (Å²) in [4.78, 5) is 14.3. The number of rotatable bonds is 3. The van der Waals surface area contributed by atoms with Gasteiger partial charge in [0.05, 0.1) is 0 Å². The summed E-state index contributed by atoms with van der Waals surface area (Å²) in [6.45, 7) is 1.42. The molecule has 0 aromatic heterocycles. The monoisotopic (exact) mass is 168 g/mol. The second-order valence-electron chi connectivity index (χ2n) is 2.51. The molecule has 0 atom stereocenters. The molecule has 3 heteroatoms. The van der Waals surface area contributed by atoms with Crippen molar-refractivity contribution in [1.82, 2.24) is 0 Å². The van der Waals surface area contributed by atoms with Crippen LogP contribution in [-0.2, 0) is 11.5 Å². The van der Waals surface area contributed by atoms with Gasteiger partial charge in [0, 0.05) is 5.56 Å². The van der Waals surface area contributed by atoms with Crippen molar-refractivity contribution in [2.75, 3.05) is 0 Å². The van der Waals surface area contributed by atoms with Gasteiger partial charge < -0.3 is 0 Å². The van der Waals surface area contributed by atoms with Crippen molar-refractivity contribution in [3.8, 4) is 0 Å². The number of benzene rings is 1. The third-order valence-corrected chi connectivity index (χ3v) is 1.58. The van der Waals surface area contributed by atoms with E-state index in [1.54, 1.807) is 24.3 Å². The number of Topliss-reactive ketones (excluding diaryl/α,β-unsaturated/α-hetero) is 1. The van der Waals surface area contributed by atoms with Gasteiger partial charge in [0.2, 0.25) is 0 Å². The van der Waals surface area contributed by atoms with E-state index in [1.165, 1.54) is 6.92 Å². The lowest BCUT2D eigenvalue weighted by molar-refractivity contribution is -0.144. The highest BCUT2D eigenvalue weighted by molar-refractivity contribution is 5.93. The van der Waals surface area contributed by atoms with Crippen molar-refractivity contribution < 1.29 is 14.3 Å². The molecule has 1 aromatic rings. The molecule has 1 aromatic carbocycles. The SMILES string of the molecule is CC(=O)c1ccc(COF)cc1. The maximum absolute atomic E-state index is 11.4. The summed E-state index contributed by atoms with van der Waals surface area (Å²) >= 11 is 0.